The van der Waals surface area contributed by atoms with E-state index in [1.807, 2.05) is 44.4 Å². The number of rotatable bonds is 10. The predicted octanol–water partition coefficient (Wildman–Crippen LogP) is 6.20. The number of allylic oxidation sites excluding steroid dienone is 1. The highest BCUT2D eigenvalue weighted by molar-refractivity contribution is 14.1. The maximum atomic E-state index is 13.0. The Morgan fingerprint density at radius 1 is 1.19 bits per heavy atom. The Kier molecular flexibility index (Phi) is 9.98. The van der Waals surface area contributed by atoms with Gasteiger partial charge in [0.2, 0.25) is 5.91 Å². The van der Waals surface area contributed by atoms with Gasteiger partial charge in [-0.2, -0.15) is 0 Å². The fraction of sp³-hybridized carbons (Fsp3) is 0.308. The lowest BCUT2D eigenvalue weighted by atomic mass is 10.0. The Bertz CT molecular complexity index is 1250. The Balaban J connectivity index is 1.78. The molecule has 0 saturated heterocycles. The lowest BCUT2D eigenvalue weighted by molar-refractivity contribution is -0.113. The normalized spacial score (nSPS) is 11.9. The number of nitrogens with zero attached hydrogens (tertiary/aromatic N) is 3. The molecule has 2 amide bonds. The summed E-state index contributed by atoms with van der Waals surface area (Å²) in [6.07, 6.45) is 1.74. The standard InChI is InChI=1S/C26H29ClIN5O2S/c1-6-11-33-24(22(15(2)3)30-25(35)19-9-7-8-10-20(19)27)31-32-26(33)36-14-21(34)29-23-16(4)12-18(28)13-17(23)5/h6-10,12-13,15,22H,1,11,14H2,2-5H3,(H,29,34)(H,30,35). The molecule has 190 valence electrons. The van der Waals surface area contributed by atoms with Crippen LogP contribution in [0, 0.1) is 23.3 Å². The number of carbonyl (C=O) groups excluding carboxylic acids is 2. The average Bonchev–Trinajstić information content (AvgIpc) is 3.20. The van der Waals surface area contributed by atoms with E-state index in [9.17, 15) is 9.59 Å². The first-order valence-corrected chi connectivity index (χ1v) is 13.8. The molecule has 1 aromatic heterocycles. The molecule has 1 unspecified atom stereocenters. The van der Waals surface area contributed by atoms with Crippen molar-refractivity contribution in [2.24, 2.45) is 5.92 Å². The first-order valence-electron chi connectivity index (χ1n) is 11.4. The maximum Gasteiger partial charge on any atom is 0.253 e. The second kappa shape index (κ2) is 12.7. The molecule has 0 radical (unpaired) electrons. The smallest absolute Gasteiger partial charge is 0.253 e. The highest BCUT2D eigenvalue weighted by atomic mass is 127. The third-order valence-electron chi connectivity index (χ3n) is 5.50. The monoisotopic (exact) mass is 637 g/mol. The van der Waals surface area contributed by atoms with Crippen molar-refractivity contribution in [2.75, 3.05) is 11.1 Å². The summed E-state index contributed by atoms with van der Waals surface area (Å²) in [7, 11) is 0. The second-order valence-electron chi connectivity index (χ2n) is 8.67. The summed E-state index contributed by atoms with van der Waals surface area (Å²) in [6.45, 7) is 12.2. The number of amides is 2. The Morgan fingerprint density at radius 2 is 1.86 bits per heavy atom. The minimum Gasteiger partial charge on any atom is -0.342 e. The minimum absolute atomic E-state index is 0.0252. The number of anilines is 1. The van der Waals surface area contributed by atoms with Crippen molar-refractivity contribution in [3.05, 3.63) is 80.2 Å². The van der Waals surface area contributed by atoms with Crippen molar-refractivity contribution in [3.63, 3.8) is 0 Å². The molecule has 2 N–H and O–H groups in total. The van der Waals surface area contributed by atoms with Crippen LogP contribution in [0.1, 0.15) is 47.2 Å². The summed E-state index contributed by atoms with van der Waals surface area (Å²) in [6, 6.07) is 10.6. The van der Waals surface area contributed by atoms with E-state index < -0.39 is 6.04 Å². The SMILES string of the molecule is C=CCn1c(SCC(=O)Nc2c(C)cc(I)cc2C)nnc1C(NC(=O)c1ccccc1Cl)C(C)C. The van der Waals surface area contributed by atoms with Crippen LogP contribution in [0.3, 0.4) is 0 Å². The molecule has 36 heavy (non-hydrogen) atoms. The van der Waals surface area contributed by atoms with Gasteiger partial charge in [-0.15, -0.1) is 16.8 Å². The topological polar surface area (TPSA) is 88.9 Å². The molecule has 0 aliphatic rings. The van der Waals surface area contributed by atoms with Gasteiger partial charge in [0, 0.05) is 15.8 Å². The zero-order chi connectivity index (χ0) is 26.4. The Labute approximate surface area is 234 Å². The lowest BCUT2D eigenvalue weighted by Crippen LogP contribution is -2.34. The number of halogens is 2. The fourth-order valence-electron chi connectivity index (χ4n) is 3.74. The zero-order valence-electron chi connectivity index (χ0n) is 20.6. The summed E-state index contributed by atoms with van der Waals surface area (Å²) in [5.41, 5.74) is 3.26. The predicted molar refractivity (Wildman–Crippen MR) is 155 cm³/mol. The van der Waals surface area contributed by atoms with Crippen LogP contribution in [0.4, 0.5) is 5.69 Å². The van der Waals surface area contributed by atoms with Gasteiger partial charge in [0.05, 0.1) is 22.4 Å². The molecule has 0 fully saturated rings. The van der Waals surface area contributed by atoms with E-state index in [1.165, 1.54) is 11.8 Å². The molecule has 0 saturated carbocycles. The van der Waals surface area contributed by atoms with E-state index in [0.29, 0.717) is 28.1 Å². The number of nitrogens with one attached hydrogen (secondary N) is 2. The van der Waals surface area contributed by atoms with Crippen molar-refractivity contribution in [1.82, 2.24) is 20.1 Å². The number of hydrogen-bond acceptors (Lipinski definition) is 5. The van der Waals surface area contributed by atoms with E-state index in [2.05, 4.69) is 50.0 Å². The minimum atomic E-state index is -0.415. The van der Waals surface area contributed by atoms with Crippen LogP contribution in [0.15, 0.2) is 54.2 Å². The van der Waals surface area contributed by atoms with Gasteiger partial charge < -0.3 is 15.2 Å². The quantitative estimate of drug-likeness (QED) is 0.157. The van der Waals surface area contributed by atoms with Crippen molar-refractivity contribution >= 4 is 63.5 Å². The van der Waals surface area contributed by atoms with E-state index >= 15 is 0 Å². The fourth-order valence-corrected chi connectivity index (χ4v) is 5.66. The Morgan fingerprint density at radius 3 is 2.47 bits per heavy atom. The maximum absolute atomic E-state index is 13.0. The highest BCUT2D eigenvalue weighted by Gasteiger charge is 2.27. The third kappa shape index (κ3) is 6.89. The summed E-state index contributed by atoms with van der Waals surface area (Å²) in [4.78, 5) is 25.7. The van der Waals surface area contributed by atoms with Crippen LogP contribution in [0.5, 0.6) is 0 Å². The molecule has 0 aliphatic carbocycles. The van der Waals surface area contributed by atoms with Crippen LogP contribution in [-0.2, 0) is 11.3 Å². The molecule has 0 spiro atoms. The molecule has 2 aromatic carbocycles. The van der Waals surface area contributed by atoms with Gasteiger partial charge >= 0.3 is 0 Å². The molecule has 7 nitrogen and oxygen atoms in total. The van der Waals surface area contributed by atoms with Crippen LogP contribution in [0.2, 0.25) is 5.02 Å². The first kappa shape index (κ1) is 28.2. The molecule has 0 aliphatic heterocycles. The van der Waals surface area contributed by atoms with Crippen LogP contribution in [-0.4, -0.2) is 32.3 Å². The zero-order valence-corrected chi connectivity index (χ0v) is 24.4. The average molecular weight is 638 g/mol. The molecule has 3 rings (SSSR count). The van der Waals surface area contributed by atoms with Crippen LogP contribution in [0.25, 0.3) is 0 Å². The molecular weight excluding hydrogens is 609 g/mol. The summed E-state index contributed by atoms with van der Waals surface area (Å²) >= 11 is 9.78. The third-order valence-corrected chi connectivity index (χ3v) is 7.42. The van der Waals surface area contributed by atoms with Gasteiger partial charge in [-0.05, 0) is 77.7 Å². The largest absolute Gasteiger partial charge is 0.342 e. The second-order valence-corrected chi connectivity index (χ2v) is 11.3. The van der Waals surface area contributed by atoms with Crippen molar-refractivity contribution < 1.29 is 9.59 Å². The van der Waals surface area contributed by atoms with Gasteiger partial charge in [0.25, 0.3) is 5.91 Å². The van der Waals surface area contributed by atoms with Crippen LogP contribution >= 0.6 is 46.0 Å². The number of carbonyl (C=O) groups is 2. The number of aromatic nitrogens is 3. The number of aryl methyl sites for hydroxylation is 2. The van der Waals surface area contributed by atoms with E-state index in [0.717, 1.165) is 20.4 Å². The number of thioether (sulfide) groups is 1. The molecule has 0 bridgehead atoms. The Hall–Kier alpha value is -2.37. The van der Waals surface area contributed by atoms with Gasteiger partial charge in [-0.3, -0.25) is 9.59 Å². The van der Waals surface area contributed by atoms with E-state index in [4.69, 9.17) is 11.6 Å². The van der Waals surface area contributed by atoms with Gasteiger partial charge in [0.1, 0.15) is 0 Å². The molecule has 1 heterocycles. The summed E-state index contributed by atoms with van der Waals surface area (Å²) in [5.74, 6) is 0.368. The van der Waals surface area contributed by atoms with E-state index in [1.54, 1.807) is 30.3 Å². The van der Waals surface area contributed by atoms with Gasteiger partial charge in [-0.1, -0.05) is 55.4 Å². The summed E-state index contributed by atoms with van der Waals surface area (Å²) < 4.78 is 3.01. The lowest BCUT2D eigenvalue weighted by Gasteiger charge is -2.23. The van der Waals surface area contributed by atoms with Gasteiger partial charge in [-0.25, -0.2) is 0 Å². The molecule has 10 heteroatoms. The summed E-state index contributed by atoms with van der Waals surface area (Å²) in [5, 5.41) is 15.7. The molecular formula is C26H29ClIN5O2S. The van der Waals surface area contributed by atoms with Crippen molar-refractivity contribution in [3.8, 4) is 0 Å². The first-order chi connectivity index (χ1) is 17.1. The molecule has 1 atom stereocenters. The number of benzene rings is 2. The van der Waals surface area contributed by atoms with Crippen molar-refractivity contribution in [2.45, 2.75) is 45.4 Å². The van der Waals surface area contributed by atoms with Crippen LogP contribution < -0.4 is 10.6 Å². The molecule has 3 aromatic rings. The number of hydrogen-bond donors (Lipinski definition) is 2. The van der Waals surface area contributed by atoms with Crippen molar-refractivity contribution in [1.29, 1.82) is 0 Å². The highest BCUT2D eigenvalue weighted by Crippen LogP contribution is 2.27. The van der Waals surface area contributed by atoms with E-state index in [-0.39, 0.29) is 23.5 Å². The van der Waals surface area contributed by atoms with Gasteiger partial charge in [0.15, 0.2) is 11.0 Å².